The lowest BCUT2D eigenvalue weighted by molar-refractivity contribution is -0.524. The summed E-state index contributed by atoms with van der Waals surface area (Å²) in [5.41, 5.74) is 0. The van der Waals surface area contributed by atoms with Crippen LogP contribution in [-0.4, -0.2) is 22.5 Å². The first kappa shape index (κ1) is 20.7. The van der Waals surface area contributed by atoms with Crippen LogP contribution in [0.15, 0.2) is 0 Å². The highest BCUT2D eigenvalue weighted by molar-refractivity contribution is 5.78. The van der Waals surface area contributed by atoms with Gasteiger partial charge in [0, 0.05) is 37.0 Å². The number of rotatable bonds is 15. The Balaban J connectivity index is 3.75. The van der Waals surface area contributed by atoms with E-state index in [9.17, 15) is 19.7 Å². The number of nitrogens with zero attached hydrogens (tertiary/aromatic N) is 1. The highest BCUT2D eigenvalue weighted by Gasteiger charge is 2.19. The summed E-state index contributed by atoms with van der Waals surface area (Å²) in [6, 6.07) is -0.614. The van der Waals surface area contributed by atoms with Crippen LogP contribution in [0.1, 0.15) is 90.9 Å². The van der Waals surface area contributed by atoms with Crippen molar-refractivity contribution in [2.45, 2.75) is 96.9 Å². The molecule has 0 bridgehead atoms. The molecule has 5 heteroatoms. The highest BCUT2D eigenvalue weighted by atomic mass is 16.6. The van der Waals surface area contributed by atoms with Crippen LogP contribution in [0.5, 0.6) is 0 Å². The molecule has 0 heterocycles. The van der Waals surface area contributed by atoms with E-state index in [-0.39, 0.29) is 16.5 Å². The van der Waals surface area contributed by atoms with E-state index in [0.717, 1.165) is 12.8 Å². The lowest BCUT2D eigenvalue weighted by Gasteiger charge is -2.08. The van der Waals surface area contributed by atoms with Gasteiger partial charge in [0.15, 0.2) is 0 Å². The van der Waals surface area contributed by atoms with Crippen LogP contribution in [0.25, 0.3) is 0 Å². The molecule has 0 saturated carbocycles. The monoisotopic (exact) mass is 313 g/mol. The Bertz CT molecular complexity index is 342. The second-order valence-electron chi connectivity index (χ2n) is 6.13. The molecule has 0 aromatic heterocycles. The molecule has 0 saturated heterocycles. The Morgan fingerprint density at radius 2 is 1.45 bits per heavy atom. The molecule has 128 valence electrons. The van der Waals surface area contributed by atoms with E-state index >= 15 is 0 Å². The molecule has 0 aromatic rings. The molecule has 0 radical (unpaired) electrons. The number of unbranched alkanes of at least 4 members (excludes halogenated alkanes) is 4. The third-order valence-corrected chi connectivity index (χ3v) is 3.92. The van der Waals surface area contributed by atoms with Crippen LogP contribution in [0.3, 0.4) is 0 Å². The minimum Gasteiger partial charge on any atom is -0.300 e. The predicted octanol–water partition coefficient (Wildman–Crippen LogP) is 4.49. The third-order valence-electron chi connectivity index (χ3n) is 3.92. The van der Waals surface area contributed by atoms with E-state index in [1.807, 2.05) is 0 Å². The van der Waals surface area contributed by atoms with Gasteiger partial charge in [-0.15, -0.1) is 0 Å². The van der Waals surface area contributed by atoms with E-state index in [1.54, 1.807) is 0 Å². The first-order chi connectivity index (χ1) is 10.5. The molecule has 0 aliphatic heterocycles. The quantitative estimate of drug-likeness (QED) is 0.253. The molecular weight excluding hydrogens is 282 g/mol. The van der Waals surface area contributed by atoms with Crippen molar-refractivity contribution in [1.29, 1.82) is 0 Å². The molecule has 0 aromatic carbocycles. The highest BCUT2D eigenvalue weighted by Crippen LogP contribution is 2.14. The Kier molecular flexibility index (Phi) is 12.6. The topological polar surface area (TPSA) is 77.3 Å². The minimum absolute atomic E-state index is 0.0698. The SMILES string of the molecule is CCCCCCCC(=O)CCCC(CCCC(C)=O)[N+](=O)[O-]. The number of ketones is 2. The second kappa shape index (κ2) is 13.4. The zero-order valence-corrected chi connectivity index (χ0v) is 14.1. The number of Topliss-reactive ketones (excluding diaryl/α,β-unsaturated/α-hetero) is 2. The first-order valence-corrected chi connectivity index (χ1v) is 8.62. The summed E-state index contributed by atoms with van der Waals surface area (Å²) in [5, 5.41) is 11.0. The average molecular weight is 313 g/mol. The fourth-order valence-corrected chi connectivity index (χ4v) is 2.53. The fourth-order valence-electron chi connectivity index (χ4n) is 2.53. The van der Waals surface area contributed by atoms with E-state index in [0.29, 0.717) is 44.9 Å². The van der Waals surface area contributed by atoms with Gasteiger partial charge in [-0.1, -0.05) is 32.6 Å². The lowest BCUT2D eigenvalue weighted by atomic mass is 10.0. The van der Waals surface area contributed by atoms with Crippen LogP contribution in [0.4, 0.5) is 0 Å². The Hall–Kier alpha value is -1.26. The van der Waals surface area contributed by atoms with E-state index in [4.69, 9.17) is 0 Å². The second-order valence-corrected chi connectivity index (χ2v) is 6.13. The summed E-state index contributed by atoms with van der Waals surface area (Å²) >= 11 is 0. The van der Waals surface area contributed by atoms with Crippen LogP contribution in [0.2, 0.25) is 0 Å². The van der Waals surface area contributed by atoms with Crippen molar-refractivity contribution in [1.82, 2.24) is 0 Å². The van der Waals surface area contributed by atoms with Crippen LogP contribution in [-0.2, 0) is 9.59 Å². The number of carbonyl (C=O) groups is 2. The van der Waals surface area contributed by atoms with Gasteiger partial charge in [0.1, 0.15) is 11.6 Å². The largest absolute Gasteiger partial charge is 0.300 e. The van der Waals surface area contributed by atoms with Gasteiger partial charge in [-0.2, -0.15) is 0 Å². The first-order valence-electron chi connectivity index (χ1n) is 8.62. The summed E-state index contributed by atoms with van der Waals surface area (Å²) in [6.45, 7) is 3.66. The molecule has 5 nitrogen and oxygen atoms in total. The van der Waals surface area contributed by atoms with Crippen molar-refractivity contribution in [3.63, 3.8) is 0 Å². The van der Waals surface area contributed by atoms with Crippen LogP contribution in [0, 0.1) is 10.1 Å². The maximum atomic E-state index is 11.7. The summed E-state index contributed by atoms with van der Waals surface area (Å²) in [5.74, 6) is 0.294. The molecule has 0 amide bonds. The maximum absolute atomic E-state index is 11.7. The Morgan fingerprint density at radius 3 is 2.00 bits per heavy atom. The fraction of sp³-hybridized carbons (Fsp3) is 0.882. The van der Waals surface area contributed by atoms with Crippen molar-refractivity contribution >= 4 is 11.6 Å². The molecule has 22 heavy (non-hydrogen) atoms. The molecule has 0 aliphatic carbocycles. The van der Waals surface area contributed by atoms with Gasteiger partial charge in [0.25, 0.3) is 0 Å². The zero-order chi connectivity index (χ0) is 16.8. The summed E-state index contributed by atoms with van der Waals surface area (Å²) in [4.78, 5) is 33.3. The normalized spacial score (nSPS) is 12.1. The summed E-state index contributed by atoms with van der Waals surface area (Å²) in [7, 11) is 0. The van der Waals surface area contributed by atoms with Crippen molar-refractivity contribution in [2.75, 3.05) is 0 Å². The van der Waals surface area contributed by atoms with E-state index in [1.165, 1.54) is 26.2 Å². The number of hydrogen-bond acceptors (Lipinski definition) is 4. The van der Waals surface area contributed by atoms with Gasteiger partial charge in [0.2, 0.25) is 6.04 Å². The summed E-state index contributed by atoms with van der Waals surface area (Å²) in [6.07, 6.45) is 9.11. The van der Waals surface area contributed by atoms with Gasteiger partial charge in [-0.3, -0.25) is 14.9 Å². The van der Waals surface area contributed by atoms with Crippen molar-refractivity contribution in [3.8, 4) is 0 Å². The van der Waals surface area contributed by atoms with E-state index < -0.39 is 6.04 Å². The molecular formula is C17H31NO4. The number of nitro groups is 1. The molecule has 0 N–H and O–H groups in total. The molecule has 0 aliphatic rings. The number of carbonyl (C=O) groups excluding carboxylic acids is 2. The smallest absolute Gasteiger partial charge is 0.213 e. The van der Waals surface area contributed by atoms with Crippen molar-refractivity contribution in [3.05, 3.63) is 10.1 Å². The molecule has 0 rings (SSSR count). The molecule has 0 spiro atoms. The molecule has 0 fully saturated rings. The predicted molar refractivity (Wildman–Crippen MR) is 87.5 cm³/mol. The summed E-state index contributed by atoms with van der Waals surface area (Å²) < 4.78 is 0. The van der Waals surface area contributed by atoms with Gasteiger partial charge in [-0.25, -0.2) is 0 Å². The van der Waals surface area contributed by atoms with Crippen molar-refractivity contribution < 1.29 is 14.5 Å². The zero-order valence-electron chi connectivity index (χ0n) is 14.1. The Labute approximate surface area is 134 Å². The van der Waals surface area contributed by atoms with Crippen molar-refractivity contribution in [2.24, 2.45) is 0 Å². The standard InChI is InChI=1S/C17H31NO4/c1-3-4-5-6-7-13-17(20)14-9-12-16(18(21)22)11-8-10-15(2)19/h16H,3-14H2,1-2H3. The number of hydrogen-bond donors (Lipinski definition) is 0. The third kappa shape index (κ3) is 12.5. The van der Waals surface area contributed by atoms with Crippen LogP contribution < -0.4 is 0 Å². The minimum atomic E-state index is -0.614. The molecule has 1 atom stereocenters. The average Bonchev–Trinajstić information content (AvgIpc) is 2.44. The Morgan fingerprint density at radius 1 is 0.909 bits per heavy atom. The van der Waals surface area contributed by atoms with E-state index in [2.05, 4.69) is 6.92 Å². The van der Waals surface area contributed by atoms with Crippen LogP contribution >= 0.6 is 0 Å². The maximum Gasteiger partial charge on any atom is 0.213 e. The van der Waals surface area contributed by atoms with Gasteiger partial charge in [-0.05, 0) is 26.2 Å². The van der Waals surface area contributed by atoms with Gasteiger partial charge >= 0.3 is 0 Å². The van der Waals surface area contributed by atoms with Gasteiger partial charge in [0.05, 0.1) is 0 Å². The molecule has 1 unspecified atom stereocenters. The lowest BCUT2D eigenvalue weighted by Crippen LogP contribution is -2.20. The van der Waals surface area contributed by atoms with Gasteiger partial charge < -0.3 is 4.79 Å².